The molecule has 4 nitrogen and oxygen atoms in total. The molecule has 0 bridgehead atoms. The van der Waals surface area contributed by atoms with Crippen LogP contribution >= 0.6 is 0 Å². The molecule has 2 unspecified atom stereocenters. The Bertz CT molecular complexity index is 319. The van der Waals surface area contributed by atoms with Gasteiger partial charge >= 0.3 is 0 Å². The molecule has 82 valence electrons. The zero-order chi connectivity index (χ0) is 10.3. The number of aliphatic hydroxyl groups is 1. The quantitative estimate of drug-likeness (QED) is 0.774. The molecule has 2 aliphatic rings. The van der Waals surface area contributed by atoms with Gasteiger partial charge in [0.1, 0.15) is 0 Å². The van der Waals surface area contributed by atoms with Crippen LogP contribution < -0.4 is 0 Å². The molecule has 3 rings (SSSR count). The summed E-state index contributed by atoms with van der Waals surface area (Å²) < 4.78 is 2.03. The predicted octanol–water partition coefficient (Wildman–Crippen LogP) is 0.653. The second kappa shape index (κ2) is 3.61. The van der Waals surface area contributed by atoms with E-state index in [9.17, 15) is 5.11 Å². The van der Waals surface area contributed by atoms with Crippen LogP contribution in [0, 0.1) is 0 Å². The van der Waals surface area contributed by atoms with Gasteiger partial charge in [-0.1, -0.05) is 0 Å². The highest BCUT2D eigenvalue weighted by Crippen LogP contribution is 2.31. The summed E-state index contributed by atoms with van der Waals surface area (Å²) in [5, 5.41) is 14.0. The second-order valence-electron chi connectivity index (χ2n) is 4.66. The molecule has 2 fully saturated rings. The summed E-state index contributed by atoms with van der Waals surface area (Å²) in [6.45, 7) is 2.09. The molecule has 1 aromatic rings. The first-order valence-corrected chi connectivity index (χ1v) is 5.76. The van der Waals surface area contributed by atoms with E-state index >= 15 is 0 Å². The molecule has 1 aliphatic carbocycles. The molecular formula is C11H17N3O. The van der Waals surface area contributed by atoms with Crippen LogP contribution in [-0.2, 0) is 0 Å². The van der Waals surface area contributed by atoms with E-state index in [1.54, 1.807) is 0 Å². The van der Waals surface area contributed by atoms with Gasteiger partial charge in [0.2, 0.25) is 0 Å². The highest BCUT2D eigenvalue weighted by molar-refractivity contribution is 4.95. The van der Waals surface area contributed by atoms with E-state index in [4.69, 9.17) is 0 Å². The summed E-state index contributed by atoms with van der Waals surface area (Å²) in [6.07, 6.45) is 7.07. The highest BCUT2D eigenvalue weighted by atomic mass is 16.3. The van der Waals surface area contributed by atoms with E-state index in [0.717, 1.165) is 25.9 Å². The minimum atomic E-state index is -0.0939. The van der Waals surface area contributed by atoms with Gasteiger partial charge in [0.25, 0.3) is 0 Å². The van der Waals surface area contributed by atoms with Crippen molar-refractivity contribution in [3.63, 3.8) is 0 Å². The fourth-order valence-electron chi connectivity index (χ4n) is 2.77. The SMILES string of the molecule is OC1CCCC1N1CC(n2cccn2)C1. The fraction of sp³-hybridized carbons (Fsp3) is 0.727. The van der Waals surface area contributed by atoms with Crippen LogP contribution in [0.1, 0.15) is 25.3 Å². The second-order valence-corrected chi connectivity index (χ2v) is 4.66. The highest BCUT2D eigenvalue weighted by Gasteiger charge is 2.38. The maximum Gasteiger partial charge on any atom is 0.0773 e. The Labute approximate surface area is 89.5 Å². The maximum atomic E-state index is 9.78. The third-order valence-corrected chi connectivity index (χ3v) is 3.70. The Morgan fingerprint density at radius 3 is 2.73 bits per heavy atom. The molecule has 15 heavy (non-hydrogen) atoms. The van der Waals surface area contributed by atoms with E-state index in [-0.39, 0.29) is 6.10 Å². The molecule has 2 atom stereocenters. The van der Waals surface area contributed by atoms with Crippen LogP contribution in [0.15, 0.2) is 18.5 Å². The first-order chi connectivity index (χ1) is 7.34. The Morgan fingerprint density at radius 2 is 2.13 bits per heavy atom. The smallest absolute Gasteiger partial charge is 0.0773 e. The van der Waals surface area contributed by atoms with E-state index in [1.807, 2.05) is 23.1 Å². The summed E-state index contributed by atoms with van der Waals surface area (Å²) in [7, 11) is 0. The topological polar surface area (TPSA) is 41.3 Å². The molecule has 1 N–H and O–H groups in total. The zero-order valence-corrected chi connectivity index (χ0v) is 8.79. The maximum absolute atomic E-state index is 9.78. The molecule has 0 aromatic carbocycles. The van der Waals surface area contributed by atoms with Crippen molar-refractivity contribution in [3.05, 3.63) is 18.5 Å². The molecule has 1 aromatic heterocycles. The summed E-state index contributed by atoms with van der Waals surface area (Å²) >= 11 is 0. The molecule has 1 saturated carbocycles. The lowest BCUT2D eigenvalue weighted by molar-refractivity contribution is 0.0000118. The van der Waals surface area contributed by atoms with Crippen molar-refractivity contribution in [2.45, 2.75) is 37.5 Å². The third-order valence-electron chi connectivity index (χ3n) is 3.70. The minimum absolute atomic E-state index is 0.0939. The molecule has 0 spiro atoms. The van der Waals surface area contributed by atoms with Crippen molar-refractivity contribution in [2.24, 2.45) is 0 Å². The van der Waals surface area contributed by atoms with Gasteiger partial charge in [0.05, 0.1) is 12.1 Å². The van der Waals surface area contributed by atoms with Crippen molar-refractivity contribution >= 4 is 0 Å². The molecular weight excluding hydrogens is 190 g/mol. The van der Waals surface area contributed by atoms with E-state index in [0.29, 0.717) is 12.1 Å². The number of nitrogens with zero attached hydrogens (tertiary/aromatic N) is 3. The number of hydrogen-bond acceptors (Lipinski definition) is 3. The Morgan fingerprint density at radius 1 is 1.27 bits per heavy atom. The van der Waals surface area contributed by atoms with Crippen LogP contribution in [-0.4, -0.2) is 45.0 Å². The van der Waals surface area contributed by atoms with Gasteiger partial charge in [0.15, 0.2) is 0 Å². The van der Waals surface area contributed by atoms with Crippen LogP contribution in [0.5, 0.6) is 0 Å². The lowest BCUT2D eigenvalue weighted by Crippen LogP contribution is -2.54. The van der Waals surface area contributed by atoms with Crippen molar-refractivity contribution in [2.75, 3.05) is 13.1 Å². The van der Waals surface area contributed by atoms with E-state index < -0.39 is 0 Å². The van der Waals surface area contributed by atoms with Crippen molar-refractivity contribution in [1.29, 1.82) is 0 Å². The average Bonchev–Trinajstić information content (AvgIpc) is 2.76. The Kier molecular flexibility index (Phi) is 2.25. The van der Waals surface area contributed by atoms with Crippen molar-refractivity contribution < 1.29 is 5.11 Å². The van der Waals surface area contributed by atoms with Crippen LogP contribution in [0.2, 0.25) is 0 Å². The van der Waals surface area contributed by atoms with Crippen LogP contribution in [0.4, 0.5) is 0 Å². The lowest BCUT2D eigenvalue weighted by Gasteiger charge is -2.44. The largest absolute Gasteiger partial charge is 0.391 e. The number of hydrogen-bond donors (Lipinski definition) is 1. The van der Waals surface area contributed by atoms with Gasteiger partial charge in [-0.15, -0.1) is 0 Å². The van der Waals surface area contributed by atoms with Crippen LogP contribution in [0.3, 0.4) is 0 Å². The van der Waals surface area contributed by atoms with Gasteiger partial charge < -0.3 is 5.11 Å². The van der Waals surface area contributed by atoms with E-state index in [1.165, 1.54) is 6.42 Å². The fourth-order valence-corrected chi connectivity index (χ4v) is 2.77. The molecule has 0 amide bonds. The molecule has 1 aliphatic heterocycles. The number of rotatable bonds is 2. The summed E-state index contributed by atoms with van der Waals surface area (Å²) in [5.41, 5.74) is 0. The summed E-state index contributed by atoms with van der Waals surface area (Å²) in [6, 6.07) is 2.90. The monoisotopic (exact) mass is 207 g/mol. The lowest BCUT2D eigenvalue weighted by atomic mass is 10.0. The number of aliphatic hydroxyl groups excluding tert-OH is 1. The molecule has 1 saturated heterocycles. The summed E-state index contributed by atoms with van der Waals surface area (Å²) in [4.78, 5) is 2.39. The molecule has 0 radical (unpaired) electrons. The van der Waals surface area contributed by atoms with Gasteiger partial charge in [-0.2, -0.15) is 5.10 Å². The average molecular weight is 207 g/mol. The van der Waals surface area contributed by atoms with Gasteiger partial charge in [0, 0.05) is 31.5 Å². The van der Waals surface area contributed by atoms with Gasteiger partial charge in [-0.05, 0) is 25.3 Å². The van der Waals surface area contributed by atoms with Crippen molar-refractivity contribution in [1.82, 2.24) is 14.7 Å². The normalized spacial score (nSPS) is 33.1. The van der Waals surface area contributed by atoms with Gasteiger partial charge in [-0.25, -0.2) is 0 Å². The Hall–Kier alpha value is -0.870. The number of likely N-dealkylation sites (tertiary alicyclic amines) is 1. The van der Waals surface area contributed by atoms with Gasteiger partial charge in [-0.3, -0.25) is 9.58 Å². The van der Waals surface area contributed by atoms with E-state index in [2.05, 4.69) is 10.00 Å². The van der Waals surface area contributed by atoms with Crippen molar-refractivity contribution in [3.8, 4) is 0 Å². The molecule has 2 heterocycles. The summed E-state index contributed by atoms with van der Waals surface area (Å²) in [5.74, 6) is 0. The first kappa shape index (κ1) is 9.36. The Balaban J connectivity index is 1.57. The predicted molar refractivity (Wildman–Crippen MR) is 56.5 cm³/mol. The molecule has 4 heteroatoms. The standard InChI is InChI=1S/C11H17N3O/c15-11-4-1-3-10(11)13-7-9(8-13)14-6-2-5-12-14/h2,5-6,9-11,15H,1,3-4,7-8H2. The minimum Gasteiger partial charge on any atom is -0.391 e. The van der Waals surface area contributed by atoms with Crippen LogP contribution in [0.25, 0.3) is 0 Å². The first-order valence-electron chi connectivity index (χ1n) is 5.76. The number of aromatic nitrogens is 2. The zero-order valence-electron chi connectivity index (χ0n) is 8.79. The third kappa shape index (κ3) is 1.58.